The first-order chi connectivity index (χ1) is 20.8. The van der Waals surface area contributed by atoms with Gasteiger partial charge in [-0.15, -0.1) is 9.24 Å². The molecule has 2 aromatic heterocycles. The quantitative estimate of drug-likeness (QED) is 0.330. The molecular weight excluding hydrogens is 609 g/mol. The first kappa shape index (κ1) is 32.5. The van der Waals surface area contributed by atoms with E-state index in [2.05, 4.69) is 24.5 Å². The van der Waals surface area contributed by atoms with E-state index in [0.717, 1.165) is 11.6 Å². The summed E-state index contributed by atoms with van der Waals surface area (Å²) in [5, 5.41) is 14.1. The lowest BCUT2D eigenvalue weighted by molar-refractivity contribution is -0.0680. The van der Waals surface area contributed by atoms with Crippen molar-refractivity contribution in [2.45, 2.75) is 50.2 Å². The third kappa shape index (κ3) is 7.00. The number of amides is 1. The lowest BCUT2D eigenvalue weighted by Gasteiger charge is -2.39. The number of pyridine rings is 2. The van der Waals surface area contributed by atoms with Gasteiger partial charge in [-0.2, -0.15) is 0 Å². The standard InChI is InChI=1S/C31H37F2N4O5PS/c1-17-11-18(12-24(34)21(17)16-44(2,40)41)20-5-8-35-15-26(20)37-30(38)25-4-3-22(32)29(36-25)28-23(33)13-19(14-27(28)43)31(39)6-9-42-10-7-31/h3-5,8,13-15,17-18,21,24,39H,6-7,9-12,16,34,43H2,1-2H3,(H,37,38). The van der Waals surface area contributed by atoms with E-state index in [1.165, 1.54) is 24.6 Å². The summed E-state index contributed by atoms with van der Waals surface area (Å²) in [6.07, 6.45) is 6.16. The maximum absolute atomic E-state index is 15.5. The fourth-order valence-electron chi connectivity index (χ4n) is 6.48. The lowest BCUT2D eigenvalue weighted by atomic mass is 9.70. The van der Waals surface area contributed by atoms with Gasteiger partial charge < -0.3 is 20.9 Å². The van der Waals surface area contributed by atoms with Crippen molar-refractivity contribution in [3.63, 3.8) is 0 Å². The number of aromatic nitrogens is 2. The van der Waals surface area contributed by atoms with Gasteiger partial charge in [-0.3, -0.25) is 9.78 Å². The van der Waals surface area contributed by atoms with Gasteiger partial charge in [-0.05, 0) is 77.4 Å². The van der Waals surface area contributed by atoms with Crippen LogP contribution in [-0.2, 0) is 20.2 Å². The summed E-state index contributed by atoms with van der Waals surface area (Å²) in [5.74, 6) is -2.38. The largest absolute Gasteiger partial charge is 0.385 e. The number of ether oxygens (including phenoxy) is 1. The molecule has 1 saturated carbocycles. The molecule has 1 aliphatic heterocycles. The summed E-state index contributed by atoms with van der Waals surface area (Å²) in [6, 6.07) is 6.50. The fourth-order valence-corrected chi connectivity index (χ4v) is 8.21. The number of hydrogen-bond donors (Lipinski definition) is 3. The minimum Gasteiger partial charge on any atom is -0.385 e. The Balaban J connectivity index is 1.39. The number of rotatable bonds is 7. The second-order valence-electron chi connectivity index (χ2n) is 12.1. The van der Waals surface area contributed by atoms with Crippen molar-refractivity contribution >= 4 is 36.0 Å². The minimum absolute atomic E-state index is 0.0255. The molecule has 5 atom stereocenters. The smallest absolute Gasteiger partial charge is 0.274 e. The number of carbonyl (C=O) groups excluding carboxylic acids is 1. The number of halogens is 2. The van der Waals surface area contributed by atoms with E-state index < -0.39 is 33.0 Å². The summed E-state index contributed by atoms with van der Waals surface area (Å²) < 4.78 is 59.8. The number of benzene rings is 1. The number of hydrogen-bond acceptors (Lipinski definition) is 8. The van der Waals surface area contributed by atoms with Gasteiger partial charge in [-0.25, -0.2) is 22.2 Å². The predicted octanol–water partition coefficient (Wildman–Crippen LogP) is 3.67. The molecule has 0 spiro atoms. The average Bonchev–Trinajstić information content (AvgIpc) is 2.95. The van der Waals surface area contributed by atoms with E-state index >= 15 is 8.78 Å². The van der Waals surface area contributed by atoms with Crippen LogP contribution in [0.15, 0.2) is 42.7 Å². The van der Waals surface area contributed by atoms with Crippen molar-refractivity contribution in [1.82, 2.24) is 9.97 Å². The van der Waals surface area contributed by atoms with Gasteiger partial charge in [0.15, 0.2) is 0 Å². The number of anilines is 1. The topological polar surface area (TPSA) is 144 Å². The van der Waals surface area contributed by atoms with Gasteiger partial charge in [0, 0.05) is 50.1 Å². The van der Waals surface area contributed by atoms with Gasteiger partial charge in [-0.1, -0.05) is 6.92 Å². The van der Waals surface area contributed by atoms with Crippen molar-refractivity contribution in [2.75, 3.05) is 30.5 Å². The molecule has 5 unspecified atom stereocenters. The predicted molar refractivity (Wildman–Crippen MR) is 167 cm³/mol. The second-order valence-corrected chi connectivity index (χ2v) is 14.9. The number of nitrogens with zero attached hydrogens (tertiary/aromatic N) is 2. The molecule has 44 heavy (non-hydrogen) atoms. The molecule has 13 heteroatoms. The van der Waals surface area contributed by atoms with E-state index in [1.807, 2.05) is 6.92 Å². The number of carbonyl (C=O) groups is 1. The monoisotopic (exact) mass is 646 g/mol. The zero-order valence-corrected chi connectivity index (χ0v) is 26.6. The summed E-state index contributed by atoms with van der Waals surface area (Å²) in [7, 11) is -0.823. The van der Waals surface area contributed by atoms with Crippen molar-refractivity contribution in [1.29, 1.82) is 0 Å². The Hall–Kier alpha value is -2.89. The van der Waals surface area contributed by atoms with Crippen LogP contribution in [0.5, 0.6) is 0 Å². The number of sulfone groups is 1. The third-order valence-electron chi connectivity index (χ3n) is 8.83. The van der Waals surface area contributed by atoms with Crippen molar-refractivity contribution < 1.29 is 31.8 Å². The molecular formula is C31H37F2N4O5PS. The highest BCUT2D eigenvalue weighted by Crippen LogP contribution is 2.42. The first-order valence-electron chi connectivity index (χ1n) is 14.5. The van der Waals surface area contributed by atoms with Gasteiger partial charge in [0.05, 0.1) is 23.2 Å². The number of nitrogens with two attached hydrogens (primary N) is 1. The van der Waals surface area contributed by atoms with Crippen LogP contribution in [0, 0.1) is 23.5 Å². The highest BCUT2D eigenvalue weighted by Gasteiger charge is 2.37. The maximum atomic E-state index is 15.5. The van der Waals surface area contributed by atoms with Gasteiger partial charge >= 0.3 is 0 Å². The number of nitrogens with one attached hydrogen (secondary N) is 1. The highest BCUT2D eigenvalue weighted by atomic mass is 32.2. The molecule has 5 rings (SSSR count). The summed E-state index contributed by atoms with van der Waals surface area (Å²) in [5.41, 5.74) is 6.20. The van der Waals surface area contributed by atoms with Gasteiger partial charge in [0.1, 0.15) is 32.9 Å². The van der Waals surface area contributed by atoms with Crippen LogP contribution in [0.4, 0.5) is 14.5 Å². The molecule has 3 aromatic rings. The summed E-state index contributed by atoms with van der Waals surface area (Å²) in [6.45, 7) is 2.67. The Labute approximate surface area is 258 Å². The van der Waals surface area contributed by atoms with Crippen molar-refractivity contribution in [3.05, 3.63) is 71.2 Å². The lowest BCUT2D eigenvalue weighted by Crippen LogP contribution is -2.44. The van der Waals surface area contributed by atoms with Crippen LogP contribution in [0.3, 0.4) is 0 Å². The van der Waals surface area contributed by atoms with Crippen LogP contribution >= 0.6 is 9.24 Å². The molecule has 236 valence electrons. The Morgan fingerprint density at radius 3 is 2.57 bits per heavy atom. The van der Waals surface area contributed by atoms with E-state index in [1.54, 1.807) is 18.3 Å². The third-order valence-corrected chi connectivity index (χ3v) is 10.3. The second kappa shape index (κ2) is 12.8. The van der Waals surface area contributed by atoms with Crippen LogP contribution in [0.1, 0.15) is 60.1 Å². The summed E-state index contributed by atoms with van der Waals surface area (Å²) >= 11 is 0. The summed E-state index contributed by atoms with van der Waals surface area (Å²) in [4.78, 5) is 21.8. The SMILES string of the molecule is CC1CC(c2ccncc2NC(=O)c2ccc(F)c(-c3c(F)cc(C4(O)CCOCC4)cc3P)n2)CC(N)C1CS(C)(=O)=O. The zero-order valence-electron chi connectivity index (χ0n) is 24.6. The molecule has 0 bridgehead atoms. The Kier molecular flexibility index (Phi) is 9.49. The highest BCUT2D eigenvalue weighted by molar-refractivity contribution is 7.90. The van der Waals surface area contributed by atoms with Gasteiger partial charge in [0.2, 0.25) is 0 Å². The van der Waals surface area contributed by atoms with Crippen LogP contribution in [-0.4, -0.2) is 60.7 Å². The van der Waals surface area contributed by atoms with E-state index in [9.17, 15) is 18.3 Å². The van der Waals surface area contributed by atoms with Crippen LogP contribution in [0.25, 0.3) is 11.3 Å². The fraction of sp³-hybridized carbons (Fsp3) is 0.452. The van der Waals surface area contributed by atoms with Crippen LogP contribution in [0.2, 0.25) is 0 Å². The normalized spacial score (nSPS) is 23.7. The van der Waals surface area contributed by atoms with Gasteiger partial charge in [0.25, 0.3) is 5.91 Å². The first-order valence-corrected chi connectivity index (χ1v) is 17.1. The van der Waals surface area contributed by atoms with Crippen LogP contribution < -0.4 is 16.4 Å². The molecule has 1 amide bonds. The molecule has 1 aliphatic carbocycles. The molecule has 1 saturated heterocycles. The molecule has 0 radical (unpaired) electrons. The minimum atomic E-state index is -3.19. The molecule has 9 nitrogen and oxygen atoms in total. The molecule has 4 N–H and O–H groups in total. The van der Waals surface area contributed by atoms with E-state index in [-0.39, 0.29) is 51.8 Å². The average molecular weight is 647 g/mol. The Morgan fingerprint density at radius 2 is 1.91 bits per heavy atom. The molecule has 3 heterocycles. The number of aliphatic hydroxyl groups is 1. The molecule has 2 aliphatic rings. The Bertz CT molecular complexity index is 1630. The molecule has 1 aromatic carbocycles. The van der Waals surface area contributed by atoms with Crippen molar-refractivity contribution in [2.24, 2.45) is 17.6 Å². The zero-order chi connectivity index (χ0) is 31.8. The van der Waals surface area contributed by atoms with Crippen molar-refractivity contribution in [3.8, 4) is 11.3 Å². The molecule has 2 fully saturated rings. The Morgan fingerprint density at radius 1 is 1.18 bits per heavy atom. The van der Waals surface area contributed by atoms with E-state index in [0.29, 0.717) is 50.1 Å². The maximum Gasteiger partial charge on any atom is 0.274 e. The van der Waals surface area contributed by atoms with E-state index in [4.69, 9.17) is 10.5 Å².